The summed E-state index contributed by atoms with van der Waals surface area (Å²) in [5.41, 5.74) is 3.43. The van der Waals surface area contributed by atoms with E-state index in [0.717, 1.165) is 22.6 Å². The summed E-state index contributed by atoms with van der Waals surface area (Å²) in [5.74, 6) is 2.99. The fourth-order valence-electron chi connectivity index (χ4n) is 2.86. The standard InChI is InChI=1S/C19H23NO4/c1-12-5-6-16(21-3)15(7-12)13(2)20-10-14-8-17(22-4)19-18(9-14)23-11-24-19/h5-9,13,20H,10-11H2,1-4H3/t13-/m0/s1. The molecule has 3 rings (SSSR count). The third-order valence-electron chi connectivity index (χ3n) is 4.18. The number of rotatable bonds is 6. The van der Waals surface area contributed by atoms with Crippen molar-refractivity contribution >= 4 is 0 Å². The summed E-state index contributed by atoms with van der Waals surface area (Å²) in [7, 11) is 3.33. The molecule has 5 heteroatoms. The lowest BCUT2D eigenvalue weighted by molar-refractivity contribution is 0.171. The maximum atomic E-state index is 5.48. The Bertz CT molecular complexity index is 730. The highest BCUT2D eigenvalue weighted by molar-refractivity contribution is 5.55. The van der Waals surface area contributed by atoms with Crippen LogP contribution in [0.1, 0.15) is 29.7 Å². The van der Waals surface area contributed by atoms with Gasteiger partial charge in [-0.2, -0.15) is 0 Å². The molecular weight excluding hydrogens is 306 g/mol. The number of hydrogen-bond acceptors (Lipinski definition) is 5. The number of ether oxygens (including phenoxy) is 4. The third-order valence-corrected chi connectivity index (χ3v) is 4.18. The van der Waals surface area contributed by atoms with E-state index in [9.17, 15) is 0 Å². The van der Waals surface area contributed by atoms with Gasteiger partial charge in [-0.05, 0) is 37.6 Å². The number of methoxy groups -OCH3 is 2. The predicted octanol–water partition coefficient (Wildman–Crippen LogP) is 3.59. The molecule has 1 heterocycles. The lowest BCUT2D eigenvalue weighted by atomic mass is 10.0. The maximum Gasteiger partial charge on any atom is 0.231 e. The van der Waals surface area contributed by atoms with E-state index in [2.05, 4.69) is 31.3 Å². The van der Waals surface area contributed by atoms with Crippen molar-refractivity contribution in [2.24, 2.45) is 0 Å². The monoisotopic (exact) mass is 329 g/mol. The molecule has 0 aromatic heterocycles. The van der Waals surface area contributed by atoms with Crippen molar-refractivity contribution in [3.63, 3.8) is 0 Å². The Morgan fingerprint density at radius 1 is 1.08 bits per heavy atom. The first kappa shape index (κ1) is 16.5. The van der Waals surface area contributed by atoms with E-state index < -0.39 is 0 Å². The van der Waals surface area contributed by atoms with E-state index >= 15 is 0 Å². The first-order valence-electron chi connectivity index (χ1n) is 7.96. The van der Waals surface area contributed by atoms with Crippen LogP contribution in [0.5, 0.6) is 23.0 Å². The minimum atomic E-state index is 0.149. The van der Waals surface area contributed by atoms with Gasteiger partial charge in [-0.1, -0.05) is 17.7 Å². The van der Waals surface area contributed by atoms with Crippen molar-refractivity contribution < 1.29 is 18.9 Å². The van der Waals surface area contributed by atoms with Crippen LogP contribution in [0.15, 0.2) is 30.3 Å². The zero-order chi connectivity index (χ0) is 17.1. The van der Waals surface area contributed by atoms with Gasteiger partial charge in [0, 0.05) is 18.2 Å². The van der Waals surface area contributed by atoms with E-state index in [0.29, 0.717) is 18.0 Å². The summed E-state index contributed by atoms with van der Waals surface area (Å²) in [6, 6.07) is 10.3. The molecule has 0 spiro atoms. The SMILES string of the molecule is COc1ccc(C)cc1[C@H](C)NCc1cc(OC)c2c(c1)OCO2. The summed E-state index contributed by atoms with van der Waals surface area (Å²) in [5, 5.41) is 3.53. The topological polar surface area (TPSA) is 49.0 Å². The zero-order valence-electron chi connectivity index (χ0n) is 14.5. The van der Waals surface area contributed by atoms with Gasteiger partial charge in [0.2, 0.25) is 12.5 Å². The van der Waals surface area contributed by atoms with Gasteiger partial charge in [0.25, 0.3) is 0 Å². The summed E-state index contributed by atoms with van der Waals surface area (Å²) in [4.78, 5) is 0. The van der Waals surface area contributed by atoms with Gasteiger partial charge in [-0.25, -0.2) is 0 Å². The van der Waals surface area contributed by atoms with Crippen LogP contribution in [-0.2, 0) is 6.54 Å². The maximum absolute atomic E-state index is 5.48. The molecule has 0 aliphatic carbocycles. The second kappa shape index (κ2) is 7.01. The molecule has 0 saturated carbocycles. The Morgan fingerprint density at radius 2 is 1.88 bits per heavy atom. The molecule has 1 aliphatic rings. The molecule has 0 radical (unpaired) electrons. The highest BCUT2D eigenvalue weighted by Crippen LogP contribution is 2.41. The Morgan fingerprint density at radius 3 is 2.62 bits per heavy atom. The van der Waals surface area contributed by atoms with Crippen LogP contribution in [0, 0.1) is 6.92 Å². The number of nitrogens with one attached hydrogen (secondary N) is 1. The van der Waals surface area contributed by atoms with Crippen molar-refractivity contribution in [1.29, 1.82) is 0 Å². The molecule has 24 heavy (non-hydrogen) atoms. The summed E-state index contributed by atoms with van der Waals surface area (Å²) < 4.78 is 21.8. The van der Waals surface area contributed by atoms with Crippen LogP contribution in [0.3, 0.4) is 0 Å². The highest BCUT2D eigenvalue weighted by atomic mass is 16.7. The lowest BCUT2D eigenvalue weighted by Crippen LogP contribution is -2.19. The van der Waals surface area contributed by atoms with Gasteiger partial charge in [-0.15, -0.1) is 0 Å². The third kappa shape index (κ3) is 3.26. The van der Waals surface area contributed by atoms with Crippen LogP contribution < -0.4 is 24.3 Å². The van der Waals surface area contributed by atoms with Crippen molar-refractivity contribution in [3.05, 3.63) is 47.0 Å². The molecule has 1 aliphatic heterocycles. The number of benzene rings is 2. The number of aryl methyl sites for hydroxylation is 1. The fourth-order valence-corrected chi connectivity index (χ4v) is 2.86. The first-order valence-corrected chi connectivity index (χ1v) is 7.96. The predicted molar refractivity (Wildman–Crippen MR) is 92.1 cm³/mol. The van der Waals surface area contributed by atoms with Crippen LogP contribution in [0.25, 0.3) is 0 Å². The molecule has 2 aromatic rings. The molecule has 0 amide bonds. The van der Waals surface area contributed by atoms with Gasteiger partial charge >= 0.3 is 0 Å². The Hall–Kier alpha value is -2.40. The number of fused-ring (bicyclic) bond motifs is 1. The molecule has 1 N–H and O–H groups in total. The average molecular weight is 329 g/mol. The zero-order valence-corrected chi connectivity index (χ0v) is 14.5. The smallest absolute Gasteiger partial charge is 0.231 e. The molecule has 0 fully saturated rings. The van der Waals surface area contributed by atoms with Crippen LogP contribution in [0.4, 0.5) is 0 Å². The molecular formula is C19H23NO4. The highest BCUT2D eigenvalue weighted by Gasteiger charge is 2.20. The Balaban J connectivity index is 1.75. The van der Waals surface area contributed by atoms with Crippen molar-refractivity contribution in [3.8, 4) is 23.0 Å². The van der Waals surface area contributed by atoms with Crippen molar-refractivity contribution in [2.45, 2.75) is 26.4 Å². The largest absolute Gasteiger partial charge is 0.496 e. The van der Waals surface area contributed by atoms with E-state index in [1.807, 2.05) is 18.2 Å². The minimum Gasteiger partial charge on any atom is -0.496 e. The van der Waals surface area contributed by atoms with Gasteiger partial charge in [0.1, 0.15) is 5.75 Å². The molecule has 5 nitrogen and oxygen atoms in total. The first-order chi connectivity index (χ1) is 11.6. The second-order valence-corrected chi connectivity index (χ2v) is 5.88. The second-order valence-electron chi connectivity index (χ2n) is 5.88. The number of hydrogen-bond donors (Lipinski definition) is 1. The summed E-state index contributed by atoms with van der Waals surface area (Å²) in [6.07, 6.45) is 0. The fraction of sp³-hybridized carbons (Fsp3) is 0.368. The van der Waals surface area contributed by atoms with Crippen LogP contribution in [0.2, 0.25) is 0 Å². The van der Waals surface area contributed by atoms with E-state index in [1.54, 1.807) is 14.2 Å². The minimum absolute atomic E-state index is 0.149. The van der Waals surface area contributed by atoms with Gasteiger partial charge in [-0.3, -0.25) is 0 Å². The molecule has 2 aromatic carbocycles. The molecule has 0 bridgehead atoms. The summed E-state index contributed by atoms with van der Waals surface area (Å²) in [6.45, 7) is 5.13. The molecule has 128 valence electrons. The molecule has 0 unspecified atom stereocenters. The van der Waals surface area contributed by atoms with Gasteiger partial charge in [0.15, 0.2) is 11.5 Å². The quantitative estimate of drug-likeness (QED) is 0.877. The summed E-state index contributed by atoms with van der Waals surface area (Å²) >= 11 is 0. The Labute approximate surface area is 142 Å². The van der Waals surface area contributed by atoms with Crippen molar-refractivity contribution in [2.75, 3.05) is 21.0 Å². The lowest BCUT2D eigenvalue weighted by Gasteiger charge is -2.18. The average Bonchev–Trinajstić information content (AvgIpc) is 3.07. The molecule has 0 saturated heterocycles. The van der Waals surface area contributed by atoms with Crippen molar-refractivity contribution in [1.82, 2.24) is 5.32 Å². The van der Waals surface area contributed by atoms with Crippen LogP contribution in [-0.4, -0.2) is 21.0 Å². The Kier molecular flexibility index (Phi) is 4.81. The van der Waals surface area contributed by atoms with E-state index in [-0.39, 0.29) is 12.8 Å². The van der Waals surface area contributed by atoms with E-state index in [1.165, 1.54) is 5.56 Å². The van der Waals surface area contributed by atoms with Crippen LogP contribution >= 0.6 is 0 Å². The normalized spacial score (nSPS) is 13.7. The van der Waals surface area contributed by atoms with Gasteiger partial charge in [0.05, 0.1) is 14.2 Å². The van der Waals surface area contributed by atoms with E-state index in [4.69, 9.17) is 18.9 Å². The molecule has 1 atom stereocenters. The van der Waals surface area contributed by atoms with Gasteiger partial charge < -0.3 is 24.3 Å².